The van der Waals surface area contributed by atoms with Gasteiger partial charge in [0, 0.05) is 13.2 Å². The van der Waals surface area contributed by atoms with E-state index in [0.29, 0.717) is 0 Å². The van der Waals surface area contributed by atoms with Crippen molar-refractivity contribution in [1.29, 1.82) is 0 Å². The molecule has 3 rings (SSSR count). The molecule has 1 amide bonds. The molecule has 0 unspecified atom stereocenters. The Morgan fingerprint density at radius 3 is 2.59 bits per heavy atom. The van der Waals surface area contributed by atoms with Crippen molar-refractivity contribution >= 4 is 17.2 Å². The highest BCUT2D eigenvalue weighted by Gasteiger charge is 2.32. The van der Waals surface area contributed by atoms with Crippen LogP contribution in [0.2, 0.25) is 0 Å². The Bertz CT molecular complexity index is 1000. The molecule has 0 spiro atoms. The topological polar surface area (TPSA) is 97.3 Å². The number of carbonyl (C=O) groups excluding carboxylic acids is 1. The minimum atomic E-state index is -4.53. The Kier molecular flexibility index (Phi) is 4.42. The van der Waals surface area contributed by atoms with Crippen molar-refractivity contribution in [1.82, 2.24) is 24.6 Å². The maximum atomic E-state index is 13.1. The molecule has 0 saturated carbocycles. The molecule has 0 aliphatic rings. The number of carbonyl (C=O) groups is 1. The number of hydrogen-bond donors (Lipinski definition) is 2. The molecule has 2 N–H and O–H groups in total. The average Bonchev–Trinajstić information content (AvgIpc) is 3.06. The van der Waals surface area contributed by atoms with E-state index in [2.05, 4.69) is 20.7 Å². The minimum absolute atomic E-state index is 0.0316. The molecule has 144 valence electrons. The van der Waals surface area contributed by atoms with Crippen LogP contribution in [0.25, 0.3) is 16.8 Å². The molecule has 0 aromatic carbocycles. The number of hydrogen-bond acceptors (Lipinski definition) is 5. The van der Waals surface area contributed by atoms with Crippen LogP contribution in [0.3, 0.4) is 0 Å². The van der Waals surface area contributed by atoms with E-state index in [9.17, 15) is 23.1 Å². The first-order valence-corrected chi connectivity index (χ1v) is 7.92. The summed E-state index contributed by atoms with van der Waals surface area (Å²) in [6.45, 7) is 2.94. The van der Waals surface area contributed by atoms with Gasteiger partial charge >= 0.3 is 6.18 Å². The number of amides is 1. The SMILES string of the molecule is Cn1cc(-c2c(NC(=O)CC(C)(C)O)nn3ccc(C(F)(F)F)cc23)nn1. The quantitative estimate of drug-likeness (QED) is 0.721. The molecule has 0 saturated heterocycles. The van der Waals surface area contributed by atoms with E-state index in [1.165, 1.54) is 29.2 Å². The maximum Gasteiger partial charge on any atom is 0.416 e. The molecule has 3 heterocycles. The first-order valence-electron chi connectivity index (χ1n) is 7.92. The van der Waals surface area contributed by atoms with Crippen LogP contribution in [0.5, 0.6) is 0 Å². The van der Waals surface area contributed by atoms with E-state index < -0.39 is 23.2 Å². The van der Waals surface area contributed by atoms with Gasteiger partial charge in [0.25, 0.3) is 0 Å². The number of aryl methyl sites for hydroxylation is 1. The Balaban J connectivity index is 2.13. The number of pyridine rings is 1. The molecule has 3 aromatic heterocycles. The van der Waals surface area contributed by atoms with Crippen LogP contribution in [0.4, 0.5) is 19.0 Å². The summed E-state index contributed by atoms with van der Waals surface area (Å²) in [4.78, 5) is 12.2. The van der Waals surface area contributed by atoms with E-state index in [1.54, 1.807) is 7.05 Å². The fourth-order valence-electron chi connectivity index (χ4n) is 2.59. The lowest BCUT2D eigenvalue weighted by molar-refractivity contribution is -0.137. The zero-order chi connectivity index (χ0) is 20.0. The van der Waals surface area contributed by atoms with Crippen LogP contribution < -0.4 is 5.32 Å². The maximum absolute atomic E-state index is 13.1. The molecule has 27 heavy (non-hydrogen) atoms. The summed E-state index contributed by atoms with van der Waals surface area (Å²) < 4.78 is 41.9. The largest absolute Gasteiger partial charge is 0.416 e. The summed E-state index contributed by atoms with van der Waals surface area (Å²) in [7, 11) is 1.61. The fourth-order valence-corrected chi connectivity index (χ4v) is 2.59. The van der Waals surface area contributed by atoms with Gasteiger partial charge in [-0.3, -0.25) is 9.48 Å². The van der Waals surface area contributed by atoms with Crippen LogP contribution in [0.15, 0.2) is 24.5 Å². The van der Waals surface area contributed by atoms with Gasteiger partial charge in [-0.05, 0) is 26.0 Å². The van der Waals surface area contributed by atoms with Crippen molar-refractivity contribution in [2.75, 3.05) is 5.32 Å². The monoisotopic (exact) mass is 382 g/mol. The van der Waals surface area contributed by atoms with Crippen molar-refractivity contribution in [2.24, 2.45) is 7.05 Å². The third-order valence-electron chi connectivity index (χ3n) is 3.67. The van der Waals surface area contributed by atoms with Crippen molar-refractivity contribution in [3.8, 4) is 11.3 Å². The first kappa shape index (κ1) is 18.8. The van der Waals surface area contributed by atoms with Gasteiger partial charge in [-0.1, -0.05) is 5.21 Å². The summed E-state index contributed by atoms with van der Waals surface area (Å²) in [5.74, 6) is -0.504. The second-order valence-corrected chi connectivity index (χ2v) is 6.78. The van der Waals surface area contributed by atoms with Gasteiger partial charge in [0.05, 0.1) is 34.9 Å². The fraction of sp³-hybridized carbons (Fsp3) is 0.375. The lowest BCUT2D eigenvalue weighted by atomic mass is 10.1. The number of anilines is 1. The summed E-state index contributed by atoms with van der Waals surface area (Å²) in [6.07, 6.45) is -2.09. The van der Waals surface area contributed by atoms with Gasteiger partial charge in [-0.15, -0.1) is 10.2 Å². The molecule has 0 fully saturated rings. The van der Waals surface area contributed by atoms with Crippen LogP contribution >= 0.6 is 0 Å². The second-order valence-electron chi connectivity index (χ2n) is 6.78. The molecule has 0 bridgehead atoms. The smallest absolute Gasteiger partial charge is 0.390 e. The number of nitrogens with zero attached hydrogens (tertiary/aromatic N) is 5. The van der Waals surface area contributed by atoms with Crippen molar-refractivity contribution < 1.29 is 23.1 Å². The van der Waals surface area contributed by atoms with Crippen molar-refractivity contribution in [2.45, 2.75) is 32.0 Å². The predicted molar refractivity (Wildman–Crippen MR) is 89.7 cm³/mol. The first-order chi connectivity index (χ1) is 12.4. The van der Waals surface area contributed by atoms with Gasteiger partial charge in [-0.2, -0.15) is 13.2 Å². The van der Waals surface area contributed by atoms with Gasteiger partial charge in [0.1, 0.15) is 5.69 Å². The van der Waals surface area contributed by atoms with Crippen molar-refractivity contribution in [3.05, 3.63) is 30.1 Å². The zero-order valence-electron chi connectivity index (χ0n) is 14.7. The van der Waals surface area contributed by atoms with Crippen molar-refractivity contribution in [3.63, 3.8) is 0 Å². The van der Waals surface area contributed by atoms with E-state index in [0.717, 1.165) is 18.3 Å². The molecule has 0 aliphatic carbocycles. The number of fused-ring (bicyclic) bond motifs is 1. The van der Waals surface area contributed by atoms with Gasteiger partial charge in [-0.25, -0.2) is 4.52 Å². The summed E-state index contributed by atoms with van der Waals surface area (Å²) in [5, 5.41) is 24.2. The van der Waals surface area contributed by atoms with Crippen LogP contribution in [-0.4, -0.2) is 41.2 Å². The van der Waals surface area contributed by atoms with Crippen LogP contribution in [0.1, 0.15) is 25.8 Å². The zero-order valence-corrected chi connectivity index (χ0v) is 14.7. The second kappa shape index (κ2) is 6.34. The molecule has 11 heteroatoms. The van der Waals surface area contributed by atoms with Gasteiger partial charge < -0.3 is 10.4 Å². The highest BCUT2D eigenvalue weighted by atomic mass is 19.4. The van der Waals surface area contributed by atoms with Gasteiger partial charge in [0.15, 0.2) is 5.82 Å². The van der Waals surface area contributed by atoms with E-state index >= 15 is 0 Å². The summed E-state index contributed by atoms with van der Waals surface area (Å²) >= 11 is 0. The molecule has 0 aliphatic heterocycles. The third-order valence-corrected chi connectivity index (χ3v) is 3.67. The summed E-state index contributed by atoms with van der Waals surface area (Å²) in [6, 6.07) is 1.82. The highest BCUT2D eigenvalue weighted by molar-refractivity contribution is 5.98. The molecular formula is C16H17F3N6O2. The number of nitrogens with one attached hydrogen (secondary N) is 1. The van der Waals surface area contributed by atoms with Crippen LogP contribution in [0, 0.1) is 0 Å². The van der Waals surface area contributed by atoms with Gasteiger partial charge in [0.2, 0.25) is 5.91 Å². The lowest BCUT2D eigenvalue weighted by Crippen LogP contribution is -2.27. The molecule has 3 aromatic rings. The average molecular weight is 382 g/mol. The number of aromatic nitrogens is 5. The minimum Gasteiger partial charge on any atom is -0.390 e. The Labute approximate surface area is 151 Å². The molecule has 8 nitrogen and oxygen atoms in total. The lowest BCUT2D eigenvalue weighted by Gasteiger charge is -2.15. The number of halogens is 3. The van der Waals surface area contributed by atoms with E-state index in [-0.39, 0.29) is 29.0 Å². The highest BCUT2D eigenvalue weighted by Crippen LogP contribution is 2.35. The Hall–Kier alpha value is -2.95. The molecular weight excluding hydrogens is 365 g/mol. The van der Waals surface area contributed by atoms with E-state index in [4.69, 9.17) is 0 Å². The Morgan fingerprint density at radius 1 is 1.33 bits per heavy atom. The number of aliphatic hydroxyl groups is 1. The van der Waals surface area contributed by atoms with E-state index in [1.807, 2.05) is 0 Å². The number of rotatable bonds is 4. The number of alkyl halides is 3. The molecule has 0 atom stereocenters. The normalized spacial score (nSPS) is 12.6. The molecule has 0 radical (unpaired) electrons. The third kappa shape index (κ3) is 4.08. The Morgan fingerprint density at radius 2 is 2.04 bits per heavy atom. The standard InChI is InChI=1S/C16H17F3N6O2/c1-15(2,27)7-12(26)20-14-13(10-8-24(3)23-21-10)11-6-9(16(17,18)19)4-5-25(11)22-14/h4-6,8,27H,7H2,1-3H3,(H,20,22,26). The predicted octanol–water partition coefficient (Wildman–Crippen LogP) is 2.25. The van der Waals surface area contributed by atoms with Crippen LogP contribution in [-0.2, 0) is 18.0 Å². The summed E-state index contributed by atoms with van der Waals surface area (Å²) in [5.41, 5.74) is -1.53.